The number of benzene rings is 2. The van der Waals surface area contributed by atoms with Crippen molar-refractivity contribution >= 4 is 11.8 Å². The molecule has 0 saturated carbocycles. The summed E-state index contributed by atoms with van der Waals surface area (Å²) < 4.78 is 17.4. The number of ketones is 1. The fourth-order valence-electron chi connectivity index (χ4n) is 4.99. The van der Waals surface area contributed by atoms with E-state index in [-0.39, 0.29) is 18.5 Å². The van der Waals surface area contributed by atoms with Crippen molar-refractivity contribution in [2.45, 2.75) is 51.0 Å². The summed E-state index contributed by atoms with van der Waals surface area (Å²) in [5.74, 6) is 0.536. The van der Waals surface area contributed by atoms with Crippen LogP contribution in [0, 0.1) is 0 Å². The summed E-state index contributed by atoms with van der Waals surface area (Å²) in [6, 6.07) is 17.2. The zero-order valence-electron chi connectivity index (χ0n) is 19.3. The van der Waals surface area contributed by atoms with Gasteiger partial charge >= 0.3 is 5.97 Å². The first-order chi connectivity index (χ1) is 16.6. The average molecular weight is 460 g/mol. The van der Waals surface area contributed by atoms with E-state index in [1.54, 1.807) is 0 Å². The Bertz CT molecular complexity index is 1140. The lowest BCUT2D eigenvalue weighted by atomic mass is 9.75. The third kappa shape index (κ3) is 4.64. The lowest BCUT2D eigenvalue weighted by Crippen LogP contribution is -2.35. The van der Waals surface area contributed by atoms with Crippen molar-refractivity contribution in [3.8, 4) is 11.5 Å². The van der Waals surface area contributed by atoms with Gasteiger partial charge in [0.1, 0.15) is 18.1 Å². The minimum atomic E-state index is -0.500. The predicted octanol–water partition coefficient (Wildman–Crippen LogP) is 5.17. The van der Waals surface area contributed by atoms with Crippen LogP contribution in [0.1, 0.15) is 50.5 Å². The van der Waals surface area contributed by atoms with Gasteiger partial charge in [-0.2, -0.15) is 0 Å². The first-order valence-corrected chi connectivity index (χ1v) is 12.0. The quantitative estimate of drug-likeness (QED) is 0.601. The van der Waals surface area contributed by atoms with Gasteiger partial charge in [0.2, 0.25) is 0 Å². The highest BCUT2D eigenvalue weighted by Gasteiger charge is 2.39. The summed E-state index contributed by atoms with van der Waals surface area (Å²) >= 11 is 0. The van der Waals surface area contributed by atoms with E-state index in [0.29, 0.717) is 29.9 Å². The van der Waals surface area contributed by atoms with E-state index in [2.05, 4.69) is 5.32 Å². The van der Waals surface area contributed by atoms with Crippen LogP contribution in [0.4, 0.5) is 0 Å². The molecule has 2 atom stereocenters. The van der Waals surface area contributed by atoms with Crippen LogP contribution in [0.3, 0.4) is 0 Å². The molecule has 176 valence electrons. The van der Waals surface area contributed by atoms with Crippen LogP contribution in [0.5, 0.6) is 11.5 Å². The molecule has 1 N–H and O–H groups in total. The molecule has 1 aliphatic carbocycles. The number of para-hydroxylation sites is 1. The number of nitrogens with one attached hydrogen (secondary N) is 1. The molecule has 2 aliphatic heterocycles. The molecule has 0 unspecified atom stereocenters. The van der Waals surface area contributed by atoms with Crippen LogP contribution >= 0.6 is 0 Å². The lowest BCUT2D eigenvalue weighted by molar-refractivity contribution is -0.142. The molecule has 3 aliphatic rings. The second-order valence-electron chi connectivity index (χ2n) is 8.99. The Hall–Kier alpha value is -3.38. The van der Waals surface area contributed by atoms with Gasteiger partial charge in [0, 0.05) is 35.9 Å². The predicted molar refractivity (Wildman–Crippen MR) is 127 cm³/mol. The van der Waals surface area contributed by atoms with Crippen molar-refractivity contribution in [1.29, 1.82) is 0 Å². The van der Waals surface area contributed by atoms with Crippen molar-refractivity contribution < 1.29 is 23.8 Å². The molecule has 0 aromatic heterocycles. The normalized spacial score (nSPS) is 22.3. The van der Waals surface area contributed by atoms with Gasteiger partial charge in [-0.05, 0) is 62.4 Å². The first kappa shape index (κ1) is 22.4. The standard InChI is InChI=1S/C28H29NO5/c1-18-25(28(31)33-17-22-12-7-15-32-22)26(27-23(29-18)13-6-14-24(27)30)19-8-5-11-21(16-19)34-20-9-3-2-4-10-20/h2-5,8-11,16,22,26,29H,6-7,12-15,17H2,1H3/t22-,26+/m0/s1. The van der Waals surface area contributed by atoms with Gasteiger partial charge in [-0.3, -0.25) is 4.79 Å². The molecule has 6 heteroatoms. The molecule has 5 rings (SSSR count). The Kier molecular flexibility index (Phi) is 6.50. The van der Waals surface area contributed by atoms with Gasteiger partial charge in [-0.25, -0.2) is 4.79 Å². The van der Waals surface area contributed by atoms with Gasteiger partial charge in [0.25, 0.3) is 0 Å². The summed E-state index contributed by atoms with van der Waals surface area (Å²) in [6.07, 6.45) is 3.88. The number of hydrogen-bond donors (Lipinski definition) is 1. The topological polar surface area (TPSA) is 73.9 Å². The van der Waals surface area contributed by atoms with Gasteiger partial charge in [0.15, 0.2) is 5.78 Å². The highest BCUT2D eigenvalue weighted by Crippen LogP contribution is 2.43. The van der Waals surface area contributed by atoms with Crippen molar-refractivity contribution in [1.82, 2.24) is 5.32 Å². The number of carbonyl (C=O) groups excluding carboxylic acids is 2. The minimum absolute atomic E-state index is 0.0615. The van der Waals surface area contributed by atoms with E-state index >= 15 is 0 Å². The van der Waals surface area contributed by atoms with Gasteiger partial charge in [-0.15, -0.1) is 0 Å². The Labute approximate surface area is 199 Å². The van der Waals surface area contributed by atoms with Crippen LogP contribution in [0.25, 0.3) is 0 Å². The van der Waals surface area contributed by atoms with Crippen molar-refractivity contribution in [3.63, 3.8) is 0 Å². The second kappa shape index (κ2) is 9.85. The van der Waals surface area contributed by atoms with E-state index in [4.69, 9.17) is 14.2 Å². The van der Waals surface area contributed by atoms with E-state index in [9.17, 15) is 9.59 Å². The number of ether oxygens (including phenoxy) is 3. The number of allylic oxidation sites excluding steroid dienone is 3. The third-order valence-corrected chi connectivity index (χ3v) is 6.59. The smallest absolute Gasteiger partial charge is 0.336 e. The summed E-state index contributed by atoms with van der Waals surface area (Å²) in [4.78, 5) is 26.5. The van der Waals surface area contributed by atoms with E-state index in [1.807, 2.05) is 61.5 Å². The fourth-order valence-corrected chi connectivity index (χ4v) is 4.99. The molecular formula is C28H29NO5. The van der Waals surface area contributed by atoms with Crippen LogP contribution in [-0.4, -0.2) is 31.1 Å². The minimum Gasteiger partial charge on any atom is -0.459 e. The Balaban J connectivity index is 1.49. The van der Waals surface area contributed by atoms with Crippen LogP contribution in [0.2, 0.25) is 0 Å². The molecule has 2 aromatic rings. The zero-order chi connectivity index (χ0) is 23.5. The number of dihydropyridines is 1. The molecule has 2 heterocycles. The van der Waals surface area contributed by atoms with Crippen LogP contribution in [0.15, 0.2) is 77.1 Å². The Morgan fingerprint density at radius 1 is 1.06 bits per heavy atom. The molecule has 34 heavy (non-hydrogen) atoms. The third-order valence-electron chi connectivity index (χ3n) is 6.59. The summed E-state index contributed by atoms with van der Waals surface area (Å²) in [5, 5.41) is 3.34. The Morgan fingerprint density at radius 3 is 2.68 bits per heavy atom. The maximum absolute atomic E-state index is 13.4. The molecular weight excluding hydrogens is 430 g/mol. The van der Waals surface area contributed by atoms with Crippen molar-refractivity contribution in [2.75, 3.05) is 13.2 Å². The van der Waals surface area contributed by atoms with Gasteiger partial charge in [-0.1, -0.05) is 30.3 Å². The van der Waals surface area contributed by atoms with E-state index in [1.165, 1.54) is 0 Å². The SMILES string of the molecule is CC1=C(C(=O)OC[C@@H]2CCCO2)[C@@H](c2cccc(Oc3ccccc3)c2)C2=C(CCCC2=O)N1. The van der Waals surface area contributed by atoms with Crippen molar-refractivity contribution in [3.05, 3.63) is 82.7 Å². The molecule has 0 spiro atoms. The number of Topliss-reactive ketones (excluding diaryl/α,β-unsaturated/α-hetero) is 1. The van der Waals surface area contributed by atoms with Gasteiger partial charge in [0.05, 0.1) is 11.7 Å². The number of carbonyl (C=O) groups is 2. The van der Waals surface area contributed by atoms with Crippen molar-refractivity contribution in [2.24, 2.45) is 0 Å². The largest absolute Gasteiger partial charge is 0.459 e. The maximum atomic E-state index is 13.4. The number of esters is 1. The molecule has 0 amide bonds. The highest BCUT2D eigenvalue weighted by atomic mass is 16.6. The van der Waals surface area contributed by atoms with E-state index < -0.39 is 11.9 Å². The first-order valence-electron chi connectivity index (χ1n) is 12.0. The number of hydrogen-bond acceptors (Lipinski definition) is 6. The maximum Gasteiger partial charge on any atom is 0.336 e. The Morgan fingerprint density at radius 2 is 1.88 bits per heavy atom. The summed E-state index contributed by atoms with van der Waals surface area (Å²) in [7, 11) is 0. The summed E-state index contributed by atoms with van der Waals surface area (Å²) in [6.45, 7) is 2.80. The fraction of sp³-hybridized carbons (Fsp3) is 0.357. The monoisotopic (exact) mass is 459 g/mol. The summed E-state index contributed by atoms with van der Waals surface area (Å²) in [5.41, 5.74) is 3.61. The highest BCUT2D eigenvalue weighted by molar-refractivity contribution is 6.03. The molecule has 0 bridgehead atoms. The molecule has 2 aromatic carbocycles. The second-order valence-corrected chi connectivity index (χ2v) is 8.99. The lowest BCUT2D eigenvalue weighted by Gasteiger charge is -2.34. The number of rotatable bonds is 6. The van der Waals surface area contributed by atoms with E-state index in [0.717, 1.165) is 48.4 Å². The molecule has 6 nitrogen and oxygen atoms in total. The molecule has 1 saturated heterocycles. The molecule has 1 fully saturated rings. The van der Waals surface area contributed by atoms with Crippen LogP contribution < -0.4 is 10.1 Å². The van der Waals surface area contributed by atoms with Crippen LogP contribution in [-0.2, 0) is 19.1 Å². The molecule has 0 radical (unpaired) electrons. The average Bonchev–Trinajstić information content (AvgIpc) is 3.36. The van der Waals surface area contributed by atoms with Gasteiger partial charge < -0.3 is 19.5 Å². The zero-order valence-corrected chi connectivity index (χ0v) is 19.3.